The van der Waals surface area contributed by atoms with E-state index in [1.54, 1.807) is 7.11 Å². The van der Waals surface area contributed by atoms with Gasteiger partial charge in [-0.05, 0) is 29.9 Å². The van der Waals surface area contributed by atoms with Crippen LogP contribution in [0.25, 0.3) is 0 Å². The minimum Gasteiger partial charge on any atom is -0.383 e. The average molecular weight is 284 g/mol. The zero-order valence-electron chi connectivity index (χ0n) is 12.3. The van der Waals surface area contributed by atoms with Crippen LogP contribution in [0.3, 0.4) is 0 Å². The number of hydrogen-bond donors (Lipinski definition) is 1. The Morgan fingerprint density at radius 1 is 1.32 bits per heavy atom. The standard InChI is InChI=1S/C16H26ClNO/c1-4-9-16(2,13-18-10-11-19-3)12-14-7-5-6-8-15(14)17/h5-8,18H,4,9-13H2,1-3H3. The zero-order chi connectivity index (χ0) is 14.1. The van der Waals surface area contributed by atoms with Gasteiger partial charge >= 0.3 is 0 Å². The Morgan fingerprint density at radius 2 is 2.05 bits per heavy atom. The highest BCUT2D eigenvalue weighted by Gasteiger charge is 2.24. The van der Waals surface area contributed by atoms with E-state index >= 15 is 0 Å². The third-order valence-electron chi connectivity index (χ3n) is 3.46. The molecule has 0 saturated heterocycles. The molecule has 0 amide bonds. The van der Waals surface area contributed by atoms with E-state index in [1.807, 2.05) is 12.1 Å². The Balaban J connectivity index is 2.62. The van der Waals surface area contributed by atoms with Gasteiger partial charge in [0, 0.05) is 25.2 Å². The monoisotopic (exact) mass is 283 g/mol. The van der Waals surface area contributed by atoms with E-state index in [1.165, 1.54) is 18.4 Å². The number of methoxy groups -OCH3 is 1. The van der Waals surface area contributed by atoms with E-state index in [9.17, 15) is 0 Å². The van der Waals surface area contributed by atoms with Crippen LogP contribution in [0.1, 0.15) is 32.3 Å². The molecule has 0 aliphatic heterocycles. The van der Waals surface area contributed by atoms with Crippen LogP contribution in [0.2, 0.25) is 5.02 Å². The summed E-state index contributed by atoms with van der Waals surface area (Å²) in [4.78, 5) is 0. The molecule has 0 fully saturated rings. The largest absolute Gasteiger partial charge is 0.383 e. The van der Waals surface area contributed by atoms with Gasteiger partial charge in [0.1, 0.15) is 0 Å². The highest BCUT2D eigenvalue weighted by Crippen LogP contribution is 2.30. The van der Waals surface area contributed by atoms with Crippen LogP contribution in [-0.2, 0) is 11.2 Å². The summed E-state index contributed by atoms with van der Waals surface area (Å²) >= 11 is 6.27. The highest BCUT2D eigenvalue weighted by atomic mass is 35.5. The second kappa shape index (κ2) is 8.57. The van der Waals surface area contributed by atoms with E-state index in [2.05, 4.69) is 31.3 Å². The molecule has 1 aromatic carbocycles. The molecule has 0 aliphatic rings. The lowest BCUT2D eigenvalue weighted by molar-refractivity contribution is 0.190. The summed E-state index contributed by atoms with van der Waals surface area (Å²) in [6.07, 6.45) is 3.39. The second-order valence-electron chi connectivity index (χ2n) is 5.50. The molecule has 0 aliphatic carbocycles. The fourth-order valence-electron chi connectivity index (χ4n) is 2.51. The van der Waals surface area contributed by atoms with Crippen molar-refractivity contribution in [1.82, 2.24) is 5.32 Å². The van der Waals surface area contributed by atoms with Crippen molar-refractivity contribution in [3.05, 3.63) is 34.9 Å². The van der Waals surface area contributed by atoms with Crippen molar-refractivity contribution in [3.63, 3.8) is 0 Å². The molecule has 108 valence electrons. The quantitative estimate of drug-likeness (QED) is 0.694. The summed E-state index contributed by atoms with van der Waals surface area (Å²) in [6, 6.07) is 8.15. The van der Waals surface area contributed by atoms with Crippen molar-refractivity contribution >= 4 is 11.6 Å². The van der Waals surface area contributed by atoms with Gasteiger partial charge in [0.2, 0.25) is 0 Å². The van der Waals surface area contributed by atoms with Crippen LogP contribution in [0.4, 0.5) is 0 Å². The maximum absolute atomic E-state index is 6.27. The first-order valence-electron chi connectivity index (χ1n) is 7.04. The summed E-state index contributed by atoms with van der Waals surface area (Å²) in [5.41, 5.74) is 1.49. The fourth-order valence-corrected chi connectivity index (χ4v) is 2.71. The molecule has 1 unspecified atom stereocenters. The van der Waals surface area contributed by atoms with Gasteiger partial charge in [-0.3, -0.25) is 0 Å². The molecule has 0 spiro atoms. The summed E-state index contributed by atoms with van der Waals surface area (Å²) in [6.45, 7) is 7.22. The molecule has 1 N–H and O–H groups in total. The van der Waals surface area contributed by atoms with Gasteiger partial charge in [0.25, 0.3) is 0 Å². The van der Waals surface area contributed by atoms with Crippen LogP contribution >= 0.6 is 11.6 Å². The van der Waals surface area contributed by atoms with Gasteiger partial charge in [-0.1, -0.05) is 50.1 Å². The van der Waals surface area contributed by atoms with E-state index in [0.29, 0.717) is 0 Å². The van der Waals surface area contributed by atoms with E-state index < -0.39 is 0 Å². The molecule has 0 aromatic heterocycles. The van der Waals surface area contributed by atoms with Crippen LogP contribution in [0.5, 0.6) is 0 Å². The number of halogens is 1. The Bertz CT molecular complexity index is 370. The van der Waals surface area contributed by atoms with Gasteiger partial charge in [-0.25, -0.2) is 0 Å². The van der Waals surface area contributed by atoms with Crippen LogP contribution < -0.4 is 5.32 Å². The topological polar surface area (TPSA) is 21.3 Å². The number of benzene rings is 1. The molecule has 0 heterocycles. The molecule has 19 heavy (non-hydrogen) atoms. The molecule has 0 radical (unpaired) electrons. The fraction of sp³-hybridized carbons (Fsp3) is 0.625. The normalized spacial score (nSPS) is 14.3. The number of rotatable bonds is 9. The molecule has 0 bridgehead atoms. The summed E-state index contributed by atoms with van der Waals surface area (Å²) in [7, 11) is 1.73. The van der Waals surface area contributed by atoms with Crippen LogP contribution in [-0.4, -0.2) is 26.8 Å². The summed E-state index contributed by atoms with van der Waals surface area (Å²) < 4.78 is 5.07. The molecule has 0 saturated carbocycles. The van der Waals surface area contributed by atoms with E-state index in [0.717, 1.165) is 31.1 Å². The van der Waals surface area contributed by atoms with Crippen molar-refractivity contribution in [2.45, 2.75) is 33.1 Å². The van der Waals surface area contributed by atoms with Crippen molar-refractivity contribution in [3.8, 4) is 0 Å². The molecule has 3 heteroatoms. The second-order valence-corrected chi connectivity index (χ2v) is 5.91. The molecule has 1 rings (SSSR count). The molecule has 2 nitrogen and oxygen atoms in total. The van der Waals surface area contributed by atoms with Gasteiger partial charge in [0.15, 0.2) is 0 Å². The molecular weight excluding hydrogens is 258 g/mol. The Kier molecular flexibility index (Phi) is 7.44. The maximum Gasteiger partial charge on any atom is 0.0587 e. The van der Waals surface area contributed by atoms with Gasteiger partial charge in [0.05, 0.1) is 6.61 Å². The summed E-state index contributed by atoms with van der Waals surface area (Å²) in [5.74, 6) is 0. The van der Waals surface area contributed by atoms with Gasteiger partial charge in [-0.15, -0.1) is 0 Å². The number of hydrogen-bond acceptors (Lipinski definition) is 2. The minimum atomic E-state index is 0.244. The van der Waals surface area contributed by atoms with E-state index in [4.69, 9.17) is 16.3 Å². The lowest BCUT2D eigenvalue weighted by atomic mass is 9.79. The molecule has 1 aromatic rings. The Hall–Kier alpha value is -0.570. The van der Waals surface area contributed by atoms with Gasteiger partial charge < -0.3 is 10.1 Å². The first kappa shape index (κ1) is 16.5. The first-order valence-corrected chi connectivity index (χ1v) is 7.42. The third kappa shape index (κ3) is 5.94. The van der Waals surface area contributed by atoms with Crippen molar-refractivity contribution in [2.75, 3.05) is 26.8 Å². The minimum absolute atomic E-state index is 0.244. The van der Waals surface area contributed by atoms with Gasteiger partial charge in [-0.2, -0.15) is 0 Å². The van der Waals surface area contributed by atoms with Crippen molar-refractivity contribution < 1.29 is 4.74 Å². The lowest BCUT2D eigenvalue weighted by Gasteiger charge is -2.30. The first-order chi connectivity index (χ1) is 9.11. The van der Waals surface area contributed by atoms with E-state index in [-0.39, 0.29) is 5.41 Å². The SMILES string of the molecule is CCCC(C)(CNCCOC)Cc1ccccc1Cl. The predicted molar refractivity (Wildman–Crippen MR) is 82.9 cm³/mol. The van der Waals surface area contributed by atoms with Crippen molar-refractivity contribution in [2.24, 2.45) is 5.41 Å². The number of ether oxygens (including phenoxy) is 1. The van der Waals surface area contributed by atoms with Crippen LogP contribution in [0, 0.1) is 5.41 Å². The highest BCUT2D eigenvalue weighted by molar-refractivity contribution is 6.31. The van der Waals surface area contributed by atoms with Crippen LogP contribution in [0.15, 0.2) is 24.3 Å². The number of nitrogens with one attached hydrogen (secondary N) is 1. The lowest BCUT2D eigenvalue weighted by Crippen LogP contribution is -2.35. The maximum atomic E-state index is 6.27. The smallest absolute Gasteiger partial charge is 0.0587 e. The molecular formula is C16H26ClNO. The Morgan fingerprint density at radius 3 is 2.68 bits per heavy atom. The summed E-state index contributed by atoms with van der Waals surface area (Å²) in [5, 5.41) is 4.36. The molecule has 1 atom stereocenters. The Labute approximate surface area is 122 Å². The zero-order valence-corrected chi connectivity index (χ0v) is 13.1. The van der Waals surface area contributed by atoms with Crippen molar-refractivity contribution in [1.29, 1.82) is 0 Å². The predicted octanol–water partition coefficient (Wildman–Crippen LogP) is 3.92. The average Bonchev–Trinajstić information content (AvgIpc) is 2.38. The third-order valence-corrected chi connectivity index (χ3v) is 3.83.